The fourth-order valence-electron chi connectivity index (χ4n) is 14.3. The summed E-state index contributed by atoms with van der Waals surface area (Å²) in [5, 5.41) is 22.5. The Hall–Kier alpha value is -6.08. The molecule has 1 spiro atoms. The van der Waals surface area contributed by atoms with Gasteiger partial charge in [-0.15, -0.1) is 0 Å². The van der Waals surface area contributed by atoms with Crippen molar-refractivity contribution in [2.24, 2.45) is 35.1 Å². The van der Waals surface area contributed by atoms with Crippen molar-refractivity contribution in [1.82, 2.24) is 39.7 Å². The van der Waals surface area contributed by atoms with Gasteiger partial charge in [0.2, 0.25) is 11.9 Å². The molecule has 3 aromatic heterocycles. The van der Waals surface area contributed by atoms with Crippen LogP contribution in [0.15, 0.2) is 55.1 Å². The van der Waals surface area contributed by atoms with Gasteiger partial charge in [0.1, 0.15) is 17.9 Å². The third kappa shape index (κ3) is 8.80. The molecule has 5 aromatic rings. The van der Waals surface area contributed by atoms with Crippen molar-refractivity contribution in [3.63, 3.8) is 0 Å². The summed E-state index contributed by atoms with van der Waals surface area (Å²) in [4.78, 5) is 42.0. The predicted octanol–water partition coefficient (Wildman–Crippen LogP) is 10.6. The average molecular weight is 1010 g/mol. The maximum absolute atomic E-state index is 14.8. The number of benzene rings is 2. The smallest absolute Gasteiger partial charge is 0.264 e. The number of amides is 2. The molecule has 3 aliphatic heterocycles. The molecule has 3 saturated carbocycles. The number of anilines is 3. The van der Waals surface area contributed by atoms with Crippen LogP contribution in [0.25, 0.3) is 11.1 Å². The number of carbonyl (C=O) groups is 2. The highest BCUT2D eigenvalue weighted by Crippen LogP contribution is 2.56. The molecule has 0 radical (unpaired) electrons. The number of alkyl halides is 2. The molecule has 0 unspecified atom stereocenters. The minimum absolute atomic E-state index is 0.00378. The summed E-state index contributed by atoms with van der Waals surface area (Å²) in [6.07, 6.45) is 15.5. The number of ether oxygens (including phenoxy) is 1. The summed E-state index contributed by atoms with van der Waals surface area (Å²) in [5.41, 5.74) is 5.58. The number of hydrogen-bond donors (Lipinski definition) is 1. The van der Waals surface area contributed by atoms with Gasteiger partial charge in [0, 0.05) is 122 Å². The van der Waals surface area contributed by atoms with Gasteiger partial charge >= 0.3 is 0 Å². The van der Waals surface area contributed by atoms with Crippen LogP contribution in [0.4, 0.5) is 26.2 Å². The van der Waals surface area contributed by atoms with Crippen LogP contribution in [-0.4, -0.2) is 84.6 Å². The Morgan fingerprint density at radius 1 is 0.932 bits per heavy atom. The molecule has 2 amide bonds. The van der Waals surface area contributed by atoms with Crippen molar-refractivity contribution in [2.45, 2.75) is 136 Å². The highest BCUT2D eigenvalue weighted by molar-refractivity contribution is 6.31. The Balaban J connectivity index is 0.696. The highest BCUT2D eigenvalue weighted by Gasteiger charge is 2.64. The molecular formula is C56H66ClF2N11O3. The van der Waals surface area contributed by atoms with Gasteiger partial charge in [0.25, 0.3) is 12.3 Å². The van der Waals surface area contributed by atoms with Crippen LogP contribution in [-0.2, 0) is 31.2 Å². The van der Waals surface area contributed by atoms with Crippen molar-refractivity contribution < 1.29 is 23.1 Å². The summed E-state index contributed by atoms with van der Waals surface area (Å²) in [6.45, 7) is 13.6. The molecule has 6 heterocycles. The van der Waals surface area contributed by atoms with Gasteiger partial charge in [-0.05, 0) is 111 Å². The monoisotopic (exact) mass is 1010 g/mol. The van der Waals surface area contributed by atoms with Gasteiger partial charge in [-0.25, -0.2) is 18.7 Å². The molecule has 2 aromatic carbocycles. The molecule has 6 aliphatic rings. The van der Waals surface area contributed by atoms with E-state index in [0.29, 0.717) is 70.4 Å². The van der Waals surface area contributed by atoms with E-state index in [9.17, 15) is 23.6 Å². The standard InChI is InChI=1S/C56H66ClF2N11O3/c1-33(71)67-21-17-46-44(30-67)49(69-20-7-8-36-22-42(39-28-63-66(6)29-39)43(48(58)59)24-47(36)69)65-70(46)40-12-9-34(10-13-40)35-15-18-56(19-16-35)31-68(32-56)53-61-26-38(27-62-53)50(72)64-51-54(2,3)52(55(51,4)5)73-41-14-11-37(25-60)45(57)23-41/h11,14,22-24,26-29,34-35,40,48,51-52H,7-10,12-13,15-21,30-32H2,1-6H3,(H,64,72). The number of nitrogens with one attached hydrogen (secondary N) is 1. The lowest BCUT2D eigenvalue weighted by atomic mass is 9.49. The number of halogens is 3. The first-order chi connectivity index (χ1) is 34.9. The van der Waals surface area contributed by atoms with Crippen LogP contribution in [0.2, 0.25) is 5.02 Å². The van der Waals surface area contributed by atoms with Crippen molar-refractivity contribution in [1.29, 1.82) is 5.26 Å². The normalized spacial score (nSPS) is 24.0. The summed E-state index contributed by atoms with van der Waals surface area (Å²) in [5.74, 6) is 3.26. The molecule has 11 rings (SSSR count). The number of aromatic nitrogens is 6. The van der Waals surface area contributed by atoms with Crippen molar-refractivity contribution in [2.75, 3.05) is 36.0 Å². The SMILES string of the molecule is CC(=O)N1CCc2c(c(N3CCCc4cc(-c5cnn(C)c5)c(C(F)F)cc43)nn2C2CCC(C3CCC4(CC3)CN(c3ncc(C(=O)NC5C(C)(C)C(Oc6ccc(C#N)c(Cl)c6)C5(C)C)cn3)C4)CC2)C1. The molecule has 1 N–H and O–H groups in total. The second-order valence-electron chi connectivity index (χ2n) is 23.2. The van der Waals surface area contributed by atoms with Crippen LogP contribution in [0.3, 0.4) is 0 Å². The zero-order chi connectivity index (χ0) is 51.1. The van der Waals surface area contributed by atoms with E-state index < -0.39 is 6.43 Å². The van der Waals surface area contributed by atoms with Gasteiger partial charge in [-0.2, -0.15) is 15.5 Å². The van der Waals surface area contributed by atoms with E-state index in [2.05, 4.69) is 68.6 Å². The topological polar surface area (TPSA) is 150 Å². The lowest BCUT2D eigenvalue weighted by Gasteiger charge is -2.63. The molecule has 73 heavy (non-hydrogen) atoms. The zero-order valence-corrected chi connectivity index (χ0v) is 43.6. The zero-order valence-electron chi connectivity index (χ0n) is 42.8. The molecule has 17 heteroatoms. The number of nitriles is 1. The van der Waals surface area contributed by atoms with E-state index >= 15 is 0 Å². The van der Waals surface area contributed by atoms with Crippen molar-refractivity contribution in [3.8, 4) is 22.9 Å². The quantitative estimate of drug-likeness (QED) is 0.143. The second kappa shape index (κ2) is 18.7. The van der Waals surface area contributed by atoms with Crippen molar-refractivity contribution in [3.05, 3.63) is 93.7 Å². The van der Waals surface area contributed by atoms with E-state index in [1.54, 1.807) is 67.7 Å². The van der Waals surface area contributed by atoms with Gasteiger partial charge in [0.05, 0.1) is 34.9 Å². The maximum atomic E-state index is 14.8. The van der Waals surface area contributed by atoms with E-state index in [4.69, 9.17) is 21.4 Å². The molecule has 14 nitrogen and oxygen atoms in total. The Morgan fingerprint density at radius 2 is 1.64 bits per heavy atom. The molecule has 384 valence electrons. The maximum Gasteiger partial charge on any atom is 0.264 e. The van der Waals surface area contributed by atoms with E-state index in [-0.39, 0.29) is 51.8 Å². The van der Waals surface area contributed by atoms with E-state index in [1.165, 1.54) is 31.4 Å². The molecule has 0 atom stereocenters. The number of hydrogen-bond acceptors (Lipinski definition) is 10. The lowest BCUT2D eigenvalue weighted by Crippen LogP contribution is -2.74. The lowest BCUT2D eigenvalue weighted by molar-refractivity contribution is -0.164. The van der Waals surface area contributed by atoms with Gasteiger partial charge in [0.15, 0.2) is 5.82 Å². The molecule has 1 saturated heterocycles. The summed E-state index contributed by atoms with van der Waals surface area (Å²) in [7, 11) is 1.80. The van der Waals surface area contributed by atoms with Crippen LogP contribution in [0.5, 0.6) is 5.75 Å². The van der Waals surface area contributed by atoms with E-state index in [0.717, 1.165) is 80.7 Å². The predicted molar refractivity (Wildman–Crippen MR) is 275 cm³/mol. The fourth-order valence-corrected chi connectivity index (χ4v) is 14.5. The largest absolute Gasteiger partial charge is 0.489 e. The molecular weight excluding hydrogens is 948 g/mol. The molecule has 0 bridgehead atoms. The Labute approximate surface area is 431 Å². The Morgan fingerprint density at radius 3 is 2.29 bits per heavy atom. The third-order valence-electron chi connectivity index (χ3n) is 17.9. The number of nitrogens with zero attached hydrogens (tertiary/aromatic N) is 10. The first-order valence-corrected chi connectivity index (χ1v) is 26.6. The van der Waals surface area contributed by atoms with Crippen LogP contribution < -0.4 is 19.9 Å². The number of aryl methyl sites for hydroxylation is 2. The Bertz CT molecular complexity index is 2960. The third-order valence-corrected chi connectivity index (χ3v) is 18.2. The number of fused-ring (bicyclic) bond motifs is 2. The van der Waals surface area contributed by atoms with Crippen LogP contribution >= 0.6 is 11.6 Å². The first-order valence-electron chi connectivity index (χ1n) is 26.2. The summed E-state index contributed by atoms with van der Waals surface area (Å²) in [6, 6.07) is 10.9. The van der Waals surface area contributed by atoms with Crippen LogP contribution in [0.1, 0.15) is 143 Å². The Kier molecular flexibility index (Phi) is 12.6. The van der Waals surface area contributed by atoms with Gasteiger partial charge in [-0.3, -0.25) is 19.0 Å². The minimum Gasteiger partial charge on any atom is -0.489 e. The van der Waals surface area contributed by atoms with Gasteiger partial charge < -0.3 is 24.8 Å². The van der Waals surface area contributed by atoms with Crippen LogP contribution in [0, 0.1) is 39.4 Å². The van der Waals surface area contributed by atoms with Gasteiger partial charge in [-0.1, -0.05) is 39.3 Å². The summed E-state index contributed by atoms with van der Waals surface area (Å²) < 4.78 is 39.9. The molecule has 3 aliphatic carbocycles. The fraction of sp³-hybridized carbons (Fsp3) is 0.554. The number of rotatable bonds is 10. The average Bonchev–Trinajstić information content (AvgIpc) is 3.99. The minimum atomic E-state index is -2.65. The van der Waals surface area contributed by atoms with Crippen molar-refractivity contribution >= 4 is 40.9 Å². The second-order valence-corrected chi connectivity index (χ2v) is 23.7. The summed E-state index contributed by atoms with van der Waals surface area (Å²) >= 11 is 6.28. The highest BCUT2D eigenvalue weighted by atomic mass is 35.5. The first kappa shape index (κ1) is 49.1. The van der Waals surface area contributed by atoms with E-state index in [1.807, 2.05) is 11.0 Å². The number of carbonyl (C=O) groups excluding carboxylic acids is 2. The molecule has 4 fully saturated rings.